The molecule has 2 aromatic carbocycles. The fraction of sp³-hybridized carbons (Fsp3) is 0. The van der Waals surface area contributed by atoms with Gasteiger partial charge in [-0.15, -0.1) is 0 Å². The van der Waals surface area contributed by atoms with E-state index in [0.717, 1.165) is 0 Å². The molecule has 0 bridgehead atoms. The molecule has 2 aromatic rings. The molecule has 0 radical (unpaired) electrons. The van der Waals surface area contributed by atoms with Crippen LogP contribution in [0.3, 0.4) is 0 Å². The molecule has 0 aromatic heterocycles. The Morgan fingerprint density at radius 3 is 2.40 bits per heavy atom. The van der Waals surface area contributed by atoms with Crippen molar-refractivity contribution in [3.8, 4) is 23.6 Å². The highest BCUT2D eigenvalue weighted by molar-refractivity contribution is 9.10. The van der Waals surface area contributed by atoms with Crippen LogP contribution >= 0.6 is 27.5 Å². The lowest BCUT2D eigenvalue weighted by Gasteiger charge is -2.09. The Hall–Kier alpha value is -2.08. The summed E-state index contributed by atoms with van der Waals surface area (Å²) in [5, 5.41) is 18.0. The van der Waals surface area contributed by atoms with Crippen molar-refractivity contribution in [3.63, 3.8) is 0 Å². The van der Waals surface area contributed by atoms with E-state index in [1.54, 1.807) is 0 Å². The molecule has 0 aliphatic heterocycles. The van der Waals surface area contributed by atoms with Crippen LogP contribution in [0.2, 0.25) is 5.02 Å². The molecule has 0 saturated carbocycles. The number of rotatable bonds is 2. The predicted molar refractivity (Wildman–Crippen MR) is 75.1 cm³/mol. The Labute approximate surface area is 127 Å². The van der Waals surface area contributed by atoms with Crippen molar-refractivity contribution < 1.29 is 9.13 Å². The van der Waals surface area contributed by atoms with Crippen molar-refractivity contribution >= 4 is 27.5 Å². The first-order valence-electron chi connectivity index (χ1n) is 5.32. The van der Waals surface area contributed by atoms with E-state index in [1.807, 2.05) is 12.1 Å². The maximum absolute atomic E-state index is 13.8. The summed E-state index contributed by atoms with van der Waals surface area (Å²) in [5.74, 6) is -0.611. The van der Waals surface area contributed by atoms with E-state index in [-0.39, 0.29) is 27.6 Å². The molecule has 98 valence electrons. The molecule has 2 rings (SSSR count). The van der Waals surface area contributed by atoms with Crippen LogP contribution in [0.15, 0.2) is 34.8 Å². The van der Waals surface area contributed by atoms with Crippen LogP contribution in [0, 0.1) is 28.5 Å². The Balaban J connectivity index is 2.43. The SMILES string of the molecule is N#Cc1ccc(Oc2c(F)cc(Br)cc2C#N)cc1Cl. The van der Waals surface area contributed by atoms with Crippen LogP contribution in [0.25, 0.3) is 0 Å². The smallest absolute Gasteiger partial charge is 0.180 e. The average molecular weight is 352 g/mol. The minimum absolute atomic E-state index is 0.0531. The Morgan fingerprint density at radius 1 is 1.10 bits per heavy atom. The van der Waals surface area contributed by atoms with Crippen LogP contribution in [-0.4, -0.2) is 0 Å². The van der Waals surface area contributed by atoms with Gasteiger partial charge in [0.05, 0.1) is 16.1 Å². The quantitative estimate of drug-likeness (QED) is 0.782. The molecular weight excluding hydrogens is 347 g/mol. The second-order valence-corrected chi connectivity index (χ2v) is 5.05. The third-order valence-corrected chi connectivity index (χ3v) is 3.18. The molecule has 0 N–H and O–H groups in total. The standard InChI is InChI=1S/C14H5BrClFN2O/c15-10-3-9(7-19)14(13(17)4-10)20-11-2-1-8(6-18)12(16)5-11/h1-5H. The van der Waals surface area contributed by atoms with Gasteiger partial charge in [-0.3, -0.25) is 0 Å². The van der Waals surface area contributed by atoms with E-state index in [9.17, 15) is 4.39 Å². The highest BCUT2D eigenvalue weighted by Crippen LogP contribution is 2.32. The molecule has 0 saturated heterocycles. The van der Waals surface area contributed by atoms with E-state index in [1.165, 1.54) is 30.3 Å². The lowest BCUT2D eigenvalue weighted by molar-refractivity contribution is 0.440. The first-order valence-corrected chi connectivity index (χ1v) is 6.49. The topological polar surface area (TPSA) is 56.8 Å². The van der Waals surface area contributed by atoms with E-state index in [2.05, 4.69) is 15.9 Å². The summed E-state index contributed by atoms with van der Waals surface area (Å²) in [7, 11) is 0. The first-order chi connectivity index (χ1) is 9.55. The second-order valence-electron chi connectivity index (χ2n) is 3.73. The molecule has 0 aliphatic carbocycles. The van der Waals surface area contributed by atoms with Crippen molar-refractivity contribution in [1.29, 1.82) is 10.5 Å². The molecule has 20 heavy (non-hydrogen) atoms. The largest absolute Gasteiger partial charge is 0.453 e. The minimum Gasteiger partial charge on any atom is -0.453 e. The Morgan fingerprint density at radius 2 is 1.80 bits per heavy atom. The fourth-order valence-electron chi connectivity index (χ4n) is 1.51. The summed E-state index contributed by atoms with van der Waals surface area (Å²) < 4.78 is 19.6. The Bertz CT molecular complexity index is 765. The molecular formula is C14H5BrClFN2O. The summed E-state index contributed by atoms with van der Waals surface area (Å²) in [6, 6.07) is 10.7. The first kappa shape index (κ1) is 14.3. The van der Waals surface area contributed by atoms with Gasteiger partial charge in [-0.2, -0.15) is 10.5 Å². The van der Waals surface area contributed by atoms with Gasteiger partial charge in [0.25, 0.3) is 0 Å². The number of ether oxygens (including phenoxy) is 1. The lowest BCUT2D eigenvalue weighted by atomic mass is 10.2. The lowest BCUT2D eigenvalue weighted by Crippen LogP contribution is -1.93. The average Bonchev–Trinajstić information content (AvgIpc) is 2.41. The van der Waals surface area contributed by atoms with E-state index in [0.29, 0.717) is 4.47 Å². The molecule has 0 unspecified atom stereocenters. The van der Waals surface area contributed by atoms with Crippen LogP contribution in [-0.2, 0) is 0 Å². The molecule has 6 heteroatoms. The van der Waals surface area contributed by atoms with Gasteiger partial charge >= 0.3 is 0 Å². The summed E-state index contributed by atoms with van der Waals surface area (Å²) in [6.07, 6.45) is 0. The fourth-order valence-corrected chi connectivity index (χ4v) is 2.16. The van der Waals surface area contributed by atoms with Gasteiger partial charge in [-0.1, -0.05) is 27.5 Å². The molecule has 0 atom stereocenters. The van der Waals surface area contributed by atoms with Crippen molar-refractivity contribution in [2.24, 2.45) is 0 Å². The predicted octanol–water partition coefficient (Wildman–Crippen LogP) is 4.78. The zero-order valence-electron chi connectivity index (χ0n) is 9.82. The number of halogens is 3. The van der Waals surface area contributed by atoms with Crippen molar-refractivity contribution in [2.75, 3.05) is 0 Å². The van der Waals surface area contributed by atoms with Gasteiger partial charge < -0.3 is 4.74 Å². The monoisotopic (exact) mass is 350 g/mol. The molecule has 3 nitrogen and oxygen atoms in total. The highest BCUT2D eigenvalue weighted by Gasteiger charge is 2.13. The Kier molecular flexibility index (Phi) is 4.24. The molecule has 0 heterocycles. The van der Waals surface area contributed by atoms with Crippen molar-refractivity contribution in [2.45, 2.75) is 0 Å². The van der Waals surface area contributed by atoms with Crippen LogP contribution in [0.1, 0.15) is 11.1 Å². The van der Waals surface area contributed by atoms with Gasteiger partial charge in [0.15, 0.2) is 11.6 Å². The van der Waals surface area contributed by atoms with Crippen molar-refractivity contribution in [1.82, 2.24) is 0 Å². The van der Waals surface area contributed by atoms with Crippen molar-refractivity contribution in [3.05, 3.63) is 56.8 Å². The van der Waals surface area contributed by atoms with E-state index < -0.39 is 5.82 Å². The number of nitrogens with zero attached hydrogens (tertiary/aromatic N) is 2. The molecule has 0 fully saturated rings. The summed E-state index contributed by atoms with van der Waals surface area (Å²) in [5.41, 5.74) is 0.341. The van der Waals surface area contributed by atoms with Gasteiger partial charge in [-0.05, 0) is 24.3 Å². The van der Waals surface area contributed by atoms with Gasteiger partial charge in [0, 0.05) is 10.5 Å². The summed E-state index contributed by atoms with van der Waals surface area (Å²) >= 11 is 8.97. The zero-order valence-corrected chi connectivity index (χ0v) is 12.2. The maximum Gasteiger partial charge on any atom is 0.180 e. The normalized spacial score (nSPS) is 9.65. The number of nitriles is 2. The summed E-state index contributed by atoms with van der Waals surface area (Å²) in [4.78, 5) is 0. The van der Waals surface area contributed by atoms with Gasteiger partial charge in [0.1, 0.15) is 17.9 Å². The third kappa shape index (κ3) is 2.91. The number of hydrogen-bond acceptors (Lipinski definition) is 3. The minimum atomic E-state index is -0.670. The van der Waals surface area contributed by atoms with Gasteiger partial charge in [-0.25, -0.2) is 4.39 Å². The highest BCUT2D eigenvalue weighted by atomic mass is 79.9. The van der Waals surface area contributed by atoms with E-state index in [4.69, 9.17) is 26.9 Å². The van der Waals surface area contributed by atoms with Gasteiger partial charge in [0.2, 0.25) is 0 Å². The molecule has 0 spiro atoms. The van der Waals surface area contributed by atoms with Crippen LogP contribution in [0.5, 0.6) is 11.5 Å². The third-order valence-electron chi connectivity index (χ3n) is 2.41. The van der Waals surface area contributed by atoms with Crippen LogP contribution in [0.4, 0.5) is 4.39 Å². The number of hydrogen-bond donors (Lipinski definition) is 0. The van der Waals surface area contributed by atoms with Crippen LogP contribution < -0.4 is 4.74 Å². The number of benzene rings is 2. The maximum atomic E-state index is 13.8. The zero-order chi connectivity index (χ0) is 14.7. The van der Waals surface area contributed by atoms with E-state index >= 15 is 0 Å². The second kappa shape index (κ2) is 5.92. The molecule has 0 amide bonds. The molecule has 0 aliphatic rings. The summed E-state index contributed by atoms with van der Waals surface area (Å²) in [6.45, 7) is 0.